The minimum Gasteiger partial charge on any atom is -0.448 e. The van der Waals surface area contributed by atoms with Crippen molar-refractivity contribution in [3.05, 3.63) is 48.5 Å². The second-order valence-electron chi connectivity index (χ2n) is 8.16. The van der Waals surface area contributed by atoms with Crippen molar-refractivity contribution < 1.29 is 19.1 Å². The summed E-state index contributed by atoms with van der Waals surface area (Å²) in [7, 11) is 0. The van der Waals surface area contributed by atoms with Crippen molar-refractivity contribution in [1.82, 2.24) is 5.32 Å². The van der Waals surface area contributed by atoms with Gasteiger partial charge in [0.15, 0.2) is 11.5 Å². The van der Waals surface area contributed by atoms with E-state index in [9.17, 15) is 9.59 Å². The molecule has 7 heteroatoms. The standard InChI is InChI=1S/C23H27N3O4/c1-15(2)20(26-22(28)25-16-8-4-3-5-9-16)21(27)24-17-10-11-18-19(14-17)30-23(29-18)12-6-7-13-23/h3-5,8-11,14-15,20H,6-7,12-13H2,1-2H3,(H,24,27)(H2,25,26,28)/t20-/m0/s1. The number of fused-ring (bicyclic) bond motifs is 1. The Morgan fingerprint density at radius 2 is 1.60 bits per heavy atom. The maximum absolute atomic E-state index is 12.9. The Kier molecular flexibility index (Phi) is 5.53. The predicted octanol–water partition coefficient (Wildman–Crippen LogP) is 4.51. The summed E-state index contributed by atoms with van der Waals surface area (Å²) < 4.78 is 12.1. The van der Waals surface area contributed by atoms with Crippen LogP contribution in [0.15, 0.2) is 48.5 Å². The maximum atomic E-state index is 12.9. The molecule has 0 radical (unpaired) electrons. The molecule has 0 bridgehead atoms. The number of ether oxygens (including phenoxy) is 2. The van der Waals surface area contributed by atoms with Crippen LogP contribution in [0.3, 0.4) is 0 Å². The number of amides is 3. The molecule has 2 aromatic rings. The Morgan fingerprint density at radius 3 is 2.30 bits per heavy atom. The highest BCUT2D eigenvalue weighted by Gasteiger charge is 2.44. The molecular formula is C23H27N3O4. The van der Waals surface area contributed by atoms with Gasteiger partial charge in [0.05, 0.1) is 0 Å². The van der Waals surface area contributed by atoms with E-state index in [1.54, 1.807) is 24.3 Å². The van der Waals surface area contributed by atoms with Gasteiger partial charge in [-0.3, -0.25) is 4.79 Å². The zero-order chi connectivity index (χ0) is 21.1. The molecule has 1 heterocycles. The Hall–Kier alpha value is -3.22. The van der Waals surface area contributed by atoms with E-state index < -0.39 is 17.9 Å². The lowest BCUT2D eigenvalue weighted by molar-refractivity contribution is -0.118. The molecule has 1 atom stereocenters. The third-order valence-electron chi connectivity index (χ3n) is 5.44. The van der Waals surface area contributed by atoms with E-state index in [2.05, 4.69) is 16.0 Å². The SMILES string of the molecule is CC(C)[C@H](NC(=O)Nc1ccccc1)C(=O)Nc1ccc2c(c1)OC1(CCCC1)O2. The lowest BCUT2D eigenvalue weighted by Gasteiger charge is -2.22. The number of hydrogen-bond acceptors (Lipinski definition) is 4. The summed E-state index contributed by atoms with van der Waals surface area (Å²) in [6.45, 7) is 3.77. The first-order chi connectivity index (χ1) is 14.4. The predicted molar refractivity (Wildman–Crippen MR) is 115 cm³/mol. The summed E-state index contributed by atoms with van der Waals surface area (Å²) >= 11 is 0. The highest BCUT2D eigenvalue weighted by atomic mass is 16.7. The number of hydrogen-bond donors (Lipinski definition) is 3. The zero-order valence-corrected chi connectivity index (χ0v) is 17.2. The molecule has 0 aromatic heterocycles. The smallest absolute Gasteiger partial charge is 0.319 e. The second kappa shape index (κ2) is 8.26. The molecule has 0 unspecified atom stereocenters. The second-order valence-corrected chi connectivity index (χ2v) is 8.16. The van der Waals surface area contributed by atoms with Gasteiger partial charge >= 0.3 is 6.03 Å². The molecule has 1 fully saturated rings. The van der Waals surface area contributed by atoms with Gasteiger partial charge in [0, 0.05) is 30.3 Å². The van der Waals surface area contributed by atoms with Gasteiger partial charge in [0.25, 0.3) is 5.79 Å². The summed E-state index contributed by atoms with van der Waals surface area (Å²) in [5.74, 6) is 0.425. The number of anilines is 2. The van der Waals surface area contributed by atoms with Gasteiger partial charge in [-0.05, 0) is 43.0 Å². The largest absolute Gasteiger partial charge is 0.448 e. The number of rotatable bonds is 5. The average Bonchev–Trinajstić information content (AvgIpc) is 3.32. The van der Waals surface area contributed by atoms with Crippen molar-refractivity contribution in [2.75, 3.05) is 10.6 Å². The van der Waals surface area contributed by atoms with Gasteiger partial charge in [-0.1, -0.05) is 32.0 Å². The van der Waals surface area contributed by atoms with Gasteiger partial charge in [0.1, 0.15) is 6.04 Å². The van der Waals surface area contributed by atoms with Gasteiger partial charge < -0.3 is 25.4 Å². The summed E-state index contributed by atoms with van der Waals surface area (Å²) in [5.41, 5.74) is 1.27. The monoisotopic (exact) mass is 409 g/mol. The van der Waals surface area contributed by atoms with Crippen LogP contribution in [0.5, 0.6) is 11.5 Å². The molecule has 2 aromatic carbocycles. The van der Waals surface area contributed by atoms with Crippen LogP contribution < -0.4 is 25.4 Å². The van der Waals surface area contributed by atoms with Gasteiger partial charge in [-0.25, -0.2) is 4.79 Å². The Morgan fingerprint density at radius 1 is 0.900 bits per heavy atom. The summed E-state index contributed by atoms with van der Waals surface area (Å²) in [4.78, 5) is 25.2. The third kappa shape index (κ3) is 4.35. The van der Waals surface area contributed by atoms with Crippen LogP contribution in [0.2, 0.25) is 0 Å². The van der Waals surface area contributed by atoms with Crippen molar-refractivity contribution in [3.8, 4) is 11.5 Å². The van der Waals surface area contributed by atoms with Crippen LogP contribution in [0, 0.1) is 5.92 Å². The molecule has 3 amide bonds. The molecule has 1 spiro atoms. The minimum absolute atomic E-state index is 0.0951. The van der Waals surface area contributed by atoms with Crippen molar-refractivity contribution in [1.29, 1.82) is 0 Å². The number of carbonyl (C=O) groups excluding carboxylic acids is 2. The number of para-hydroxylation sites is 1. The Balaban J connectivity index is 1.40. The molecule has 158 valence electrons. The van der Waals surface area contributed by atoms with E-state index in [4.69, 9.17) is 9.47 Å². The normalized spacial score (nSPS) is 17.0. The molecular weight excluding hydrogens is 382 g/mol. The van der Waals surface area contributed by atoms with E-state index >= 15 is 0 Å². The highest BCUT2D eigenvalue weighted by molar-refractivity contribution is 5.99. The zero-order valence-electron chi connectivity index (χ0n) is 17.2. The Bertz CT molecular complexity index is 923. The fraction of sp³-hybridized carbons (Fsp3) is 0.391. The van der Waals surface area contributed by atoms with Gasteiger partial charge in [0.2, 0.25) is 5.91 Å². The van der Waals surface area contributed by atoms with Crippen LogP contribution in [0.25, 0.3) is 0 Å². The van der Waals surface area contributed by atoms with E-state index in [-0.39, 0.29) is 11.8 Å². The number of nitrogens with one attached hydrogen (secondary N) is 3. The maximum Gasteiger partial charge on any atom is 0.319 e. The van der Waals surface area contributed by atoms with E-state index in [1.807, 2.05) is 38.1 Å². The van der Waals surface area contributed by atoms with Crippen molar-refractivity contribution in [3.63, 3.8) is 0 Å². The van der Waals surface area contributed by atoms with E-state index in [1.165, 1.54) is 0 Å². The first-order valence-electron chi connectivity index (χ1n) is 10.4. The van der Waals surface area contributed by atoms with E-state index in [0.717, 1.165) is 25.7 Å². The average molecular weight is 409 g/mol. The van der Waals surface area contributed by atoms with Crippen LogP contribution in [0.4, 0.5) is 16.2 Å². The number of carbonyl (C=O) groups is 2. The number of benzene rings is 2. The lowest BCUT2D eigenvalue weighted by Crippen LogP contribution is -2.48. The first kappa shape index (κ1) is 20.1. The topological polar surface area (TPSA) is 88.7 Å². The summed E-state index contributed by atoms with van der Waals surface area (Å²) in [6, 6.07) is 13.4. The third-order valence-corrected chi connectivity index (χ3v) is 5.44. The molecule has 1 aliphatic carbocycles. The molecule has 4 rings (SSSR count). The minimum atomic E-state index is -0.694. The fourth-order valence-corrected chi connectivity index (χ4v) is 3.87. The van der Waals surface area contributed by atoms with Crippen molar-refractivity contribution >= 4 is 23.3 Å². The molecule has 0 saturated heterocycles. The van der Waals surface area contributed by atoms with Crippen molar-refractivity contribution in [2.24, 2.45) is 5.92 Å². The molecule has 7 nitrogen and oxygen atoms in total. The molecule has 1 saturated carbocycles. The fourth-order valence-electron chi connectivity index (χ4n) is 3.87. The molecule has 2 aliphatic rings. The Labute approximate surface area is 176 Å². The van der Waals surface area contributed by atoms with Crippen LogP contribution in [-0.4, -0.2) is 23.8 Å². The van der Waals surface area contributed by atoms with Crippen LogP contribution in [0.1, 0.15) is 39.5 Å². The van der Waals surface area contributed by atoms with Crippen LogP contribution >= 0.6 is 0 Å². The summed E-state index contributed by atoms with van der Waals surface area (Å²) in [6.07, 6.45) is 3.92. The highest BCUT2D eigenvalue weighted by Crippen LogP contribution is 2.47. The van der Waals surface area contributed by atoms with E-state index in [0.29, 0.717) is 22.9 Å². The first-order valence-corrected chi connectivity index (χ1v) is 10.4. The van der Waals surface area contributed by atoms with Gasteiger partial charge in [-0.15, -0.1) is 0 Å². The molecule has 30 heavy (non-hydrogen) atoms. The molecule has 3 N–H and O–H groups in total. The van der Waals surface area contributed by atoms with Gasteiger partial charge in [-0.2, -0.15) is 0 Å². The lowest BCUT2D eigenvalue weighted by atomic mass is 10.0. The summed E-state index contributed by atoms with van der Waals surface area (Å²) in [5, 5.41) is 8.38. The van der Waals surface area contributed by atoms with Crippen LogP contribution in [-0.2, 0) is 4.79 Å². The molecule has 1 aliphatic heterocycles. The number of urea groups is 1. The quantitative estimate of drug-likeness (QED) is 0.678. The van der Waals surface area contributed by atoms with Crippen molar-refractivity contribution in [2.45, 2.75) is 51.4 Å².